The predicted octanol–water partition coefficient (Wildman–Crippen LogP) is 1.19. The van der Waals surface area contributed by atoms with Gasteiger partial charge in [0.25, 0.3) is 0 Å². The van der Waals surface area contributed by atoms with Crippen LogP contribution in [0, 0.1) is 0 Å². The van der Waals surface area contributed by atoms with Crippen LogP contribution in [0.2, 0.25) is 0 Å². The number of aliphatic hydroxyl groups excluding tert-OH is 1. The van der Waals surface area contributed by atoms with E-state index in [2.05, 4.69) is 32.8 Å². The molecule has 4 nitrogen and oxygen atoms in total. The van der Waals surface area contributed by atoms with Crippen LogP contribution >= 0.6 is 0 Å². The molecule has 1 aromatic rings. The van der Waals surface area contributed by atoms with Gasteiger partial charge >= 0.3 is 0 Å². The summed E-state index contributed by atoms with van der Waals surface area (Å²) >= 11 is 0. The Balaban J connectivity index is 3.23. The summed E-state index contributed by atoms with van der Waals surface area (Å²) in [5, 5.41) is 13.4. The van der Waals surface area contributed by atoms with E-state index in [1.165, 1.54) is 0 Å². The minimum atomic E-state index is -0.334. The summed E-state index contributed by atoms with van der Waals surface area (Å²) in [6.07, 6.45) is 1.77. The monoisotopic (exact) mass is 211 g/mol. The topological polar surface area (TPSA) is 64.1 Å². The van der Waals surface area contributed by atoms with Crippen molar-refractivity contribution in [3.63, 3.8) is 0 Å². The standard InChI is InChI=1S/C11H21N3O/c1-5-14-10(11(2,3)4)8(6-13-14)9(12)7-15/h6,9,15H,5,7,12H2,1-4H3. The number of nitrogens with two attached hydrogens (primary N) is 1. The van der Waals surface area contributed by atoms with Crippen LogP contribution in [-0.2, 0) is 12.0 Å². The lowest BCUT2D eigenvalue weighted by Crippen LogP contribution is -2.24. The van der Waals surface area contributed by atoms with Gasteiger partial charge in [-0.15, -0.1) is 0 Å². The van der Waals surface area contributed by atoms with E-state index in [0.29, 0.717) is 0 Å². The van der Waals surface area contributed by atoms with Crippen LogP contribution in [0.25, 0.3) is 0 Å². The first-order valence-corrected chi connectivity index (χ1v) is 5.34. The molecular weight excluding hydrogens is 190 g/mol. The van der Waals surface area contributed by atoms with Crippen LogP contribution in [-0.4, -0.2) is 21.5 Å². The lowest BCUT2D eigenvalue weighted by atomic mass is 9.87. The molecule has 1 unspecified atom stereocenters. The highest BCUT2D eigenvalue weighted by Crippen LogP contribution is 2.28. The summed E-state index contributed by atoms with van der Waals surface area (Å²) < 4.78 is 1.95. The number of aliphatic hydroxyl groups is 1. The zero-order valence-corrected chi connectivity index (χ0v) is 9.99. The predicted molar refractivity (Wildman–Crippen MR) is 60.6 cm³/mol. The summed E-state index contributed by atoms with van der Waals surface area (Å²) in [7, 11) is 0. The van der Waals surface area contributed by atoms with E-state index in [0.717, 1.165) is 17.8 Å². The second-order valence-corrected chi connectivity index (χ2v) is 4.80. The summed E-state index contributed by atoms with van der Waals surface area (Å²) in [5.74, 6) is 0. The van der Waals surface area contributed by atoms with Crippen LogP contribution in [0.1, 0.15) is 45.0 Å². The molecule has 0 aliphatic heterocycles. The Morgan fingerprint density at radius 1 is 1.53 bits per heavy atom. The number of hydrogen-bond acceptors (Lipinski definition) is 3. The Labute approximate surface area is 91.1 Å². The molecule has 1 atom stereocenters. The summed E-state index contributed by atoms with van der Waals surface area (Å²) in [6.45, 7) is 9.22. The van der Waals surface area contributed by atoms with Crippen molar-refractivity contribution in [2.75, 3.05) is 6.61 Å². The highest BCUT2D eigenvalue weighted by atomic mass is 16.3. The number of aryl methyl sites for hydroxylation is 1. The van der Waals surface area contributed by atoms with Gasteiger partial charge in [-0.1, -0.05) is 20.8 Å². The number of aromatic nitrogens is 2. The number of nitrogens with zero attached hydrogens (tertiary/aromatic N) is 2. The fourth-order valence-electron chi connectivity index (χ4n) is 1.83. The molecule has 0 radical (unpaired) electrons. The highest BCUT2D eigenvalue weighted by Gasteiger charge is 2.25. The first kappa shape index (κ1) is 12.2. The molecule has 0 fully saturated rings. The van der Waals surface area contributed by atoms with Gasteiger partial charge in [-0.3, -0.25) is 4.68 Å². The van der Waals surface area contributed by atoms with E-state index < -0.39 is 0 Å². The average molecular weight is 211 g/mol. The molecule has 0 saturated heterocycles. The molecule has 0 saturated carbocycles. The van der Waals surface area contributed by atoms with Crippen LogP contribution in [0.15, 0.2) is 6.20 Å². The van der Waals surface area contributed by atoms with Gasteiger partial charge in [-0.2, -0.15) is 5.10 Å². The third-order valence-electron chi connectivity index (χ3n) is 2.47. The van der Waals surface area contributed by atoms with Crippen molar-refractivity contribution in [3.05, 3.63) is 17.5 Å². The maximum absolute atomic E-state index is 9.10. The molecule has 0 aliphatic rings. The Morgan fingerprint density at radius 3 is 2.53 bits per heavy atom. The lowest BCUT2D eigenvalue weighted by Gasteiger charge is -2.23. The first-order chi connectivity index (χ1) is 6.91. The van der Waals surface area contributed by atoms with Gasteiger partial charge in [0.05, 0.1) is 18.8 Å². The van der Waals surface area contributed by atoms with Crippen molar-refractivity contribution in [2.45, 2.75) is 45.7 Å². The molecule has 86 valence electrons. The third-order valence-corrected chi connectivity index (χ3v) is 2.47. The van der Waals surface area contributed by atoms with E-state index in [4.69, 9.17) is 10.8 Å². The zero-order chi connectivity index (χ0) is 11.6. The second-order valence-electron chi connectivity index (χ2n) is 4.80. The van der Waals surface area contributed by atoms with E-state index in [9.17, 15) is 0 Å². The minimum absolute atomic E-state index is 0.00532. The summed E-state index contributed by atoms with van der Waals surface area (Å²) in [6, 6.07) is -0.334. The van der Waals surface area contributed by atoms with Gasteiger partial charge in [-0.25, -0.2) is 0 Å². The first-order valence-electron chi connectivity index (χ1n) is 5.34. The average Bonchev–Trinajstić information content (AvgIpc) is 2.59. The molecule has 0 amide bonds. The minimum Gasteiger partial charge on any atom is -0.394 e. The molecule has 0 aliphatic carbocycles. The van der Waals surface area contributed by atoms with Crippen molar-refractivity contribution in [1.29, 1.82) is 0 Å². The molecule has 1 aromatic heterocycles. The van der Waals surface area contributed by atoms with E-state index in [1.54, 1.807) is 6.20 Å². The van der Waals surface area contributed by atoms with Crippen molar-refractivity contribution >= 4 is 0 Å². The normalized spacial score (nSPS) is 14.3. The SMILES string of the molecule is CCn1ncc(C(N)CO)c1C(C)(C)C. The molecule has 3 N–H and O–H groups in total. The molecule has 0 spiro atoms. The van der Waals surface area contributed by atoms with Gasteiger partial charge in [0, 0.05) is 23.2 Å². The van der Waals surface area contributed by atoms with Crippen LogP contribution in [0.3, 0.4) is 0 Å². The summed E-state index contributed by atoms with van der Waals surface area (Å²) in [5.41, 5.74) is 7.92. The van der Waals surface area contributed by atoms with Crippen molar-refractivity contribution in [1.82, 2.24) is 9.78 Å². The molecule has 15 heavy (non-hydrogen) atoms. The number of hydrogen-bond donors (Lipinski definition) is 2. The van der Waals surface area contributed by atoms with E-state index in [1.807, 2.05) is 4.68 Å². The second kappa shape index (κ2) is 4.33. The maximum Gasteiger partial charge on any atom is 0.0625 e. The van der Waals surface area contributed by atoms with Gasteiger partial charge < -0.3 is 10.8 Å². The third kappa shape index (κ3) is 2.38. The fraction of sp³-hybridized carbons (Fsp3) is 0.727. The Hall–Kier alpha value is -0.870. The smallest absolute Gasteiger partial charge is 0.0625 e. The van der Waals surface area contributed by atoms with E-state index >= 15 is 0 Å². The van der Waals surface area contributed by atoms with Crippen LogP contribution in [0.5, 0.6) is 0 Å². The van der Waals surface area contributed by atoms with Crippen molar-refractivity contribution in [2.24, 2.45) is 5.73 Å². The molecule has 4 heteroatoms. The quantitative estimate of drug-likeness (QED) is 0.789. The zero-order valence-electron chi connectivity index (χ0n) is 9.99. The van der Waals surface area contributed by atoms with Crippen LogP contribution < -0.4 is 5.73 Å². The fourth-order valence-corrected chi connectivity index (χ4v) is 1.83. The number of rotatable bonds is 3. The molecular formula is C11H21N3O. The maximum atomic E-state index is 9.10. The molecule has 0 aromatic carbocycles. The van der Waals surface area contributed by atoms with Gasteiger partial charge in [0.2, 0.25) is 0 Å². The van der Waals surface area contributed by atoms with Gasteiger partial charge in [0.15, 0.2) is 0 Å². The summed E-state index contributed by atoms with van der Waals surface area (Å²) in [4.78, 5) is 0. The van der Waals surface area contributed by atoms with Gasteiger partial charge in [-0.05, 0) is 6.92 Å². The van der Waals surface area contributed by atoms with E-state index in [-0.39, 0.29) is 18.1 Å². The van der Waals surface area contributed by atoms with Crippen LogP contribution in [0.4, 0.5) is 0 Å². The largest absolute Gasteiger partial charge is 0.394 e. The van der Waals surface area contributed by atoms with Gasteiger partial charge in [0.1, 0.15) is 0 Å². The molecule has 0 bridgehead atoms. The van der Waals surface area contributed by atoms with Crippen molar-refractivity contribution < 1.29 is 5.11 Å². The Bertz CT molecular complexity index is 325. The molecule has 1 heterocycles. The van der Waals surface area contributed by atoms with Crippen molar-refractivity contribution in [3.8, 4) is 0 Å². The Kier molecular flexibility index (Phi) is 3.52. The lowest BCUT2D eigenvalue weighted by molar-refractivity contribution is 0.266. The highest BCUT2D eigenvalue weighted by molar-refractivity contribution is 5.28. The Morgan fingerprint density at radius 2 is 2.13 bits per heavy atom. The molecule has 1 rings (SSSR count).